The molecule has 0 heterocycles. The number of carbonyl (C=O) groups excluding carboxylic acids is 1. The molecule has 0 N–H and O–H groups in total. The van der Waals surface area contributed by atoms with Gasteiger partial charge in [0.25, 0.3) is 0 Å². The third-order valence-electron chi connectivity index (χ3n) is 4.26. The summed E-state index contributed by atoms with van der Waals surface area (Å²) in [4.78, 5) is 11.8. The van der Waals surface area contributed by atoms with Crippen molar-refractivity contribution in [1.29, 1.82) is 0 Å². The van der Waals surface area contributed by atoms with Crippen LogP contribution in [0.1, 0.15) is 20.8 Å². The van der Waals surface area contributed by atoms with Crippen LogP contribution in [0.3, 0.4) is 0 Å². The van der Waals surface area contributed by atoms with E-state index in [0.29, 0.717) is 5.75 Å². The molecule has 4 heteroatoms. The Labute approximate surface area is 168 Å². The molecule has 0 spiro atoms. The van der Waals surface area contributed by atoms with E-state index < -0.39 is 14.4 Å². The van der Waals surface area contributed by atoms with Crippen LogP contribution in [0.25, 0.3) is 0 Å². The number of benzene rings is 3. The number of hydrogen-bond acceptors (Lipinski definition) is 3. The Morgan fingerprint density at radius 1 is 0.750 bits per heavy atom. The Morgan fingerprint density at radius 3 is 1.68 bits per heavy atom. The third kappa shape index (κ3) is 5.57. The number of esters is 1. The topological polar surface area (TPSA) is 35.5 Å². The van der Waals surface area contributed by atoms with E-state index in [9.17, 15) is 4.79 Å². The molecule has 0 unspecified atom stereocenters. The van der Waals surface area contributed by atoms with Crippen LogP contribution in [0.2, 0.25) is 0 Å². The van der Waals surface area contributed by atoms with Crippen molar-refractivity contribution in [2.24, 2.45) is 0 Å². The molecule has 144 valence electrons. The summed E-state index contributed by atoms with van der Waals surface area (Å²) < 4.78 is 10.9. The molecular weight excluding hydrogens is 364 g/mol. The van der Waals surface area contributed by atoms with Gasteiger partial charge in [-0.15, -0.1) is 0 Å². The molecule has 28 heavy (non-hydrogen) atoms. The molecule has 0 radical (unpaired) electrons. The zero-order valence-corrected chi connectivity index (χ0v) is 17.7. The fraction of sp³-hybridized carbons (Fsp3) is 0.208. The number of ether oxygens (including phenoxy) is 2. The van der Waals surface area contributed by atoms with E-state index in [2.05, 4.69) is 60.7 Å². The molecule has 0 aliphatic heterocycles. The van der Waals surface area contributed by atoms with E-state index in [1.54, 1.807) is 0 Å². The highest BCUT2D eigenvalue weighted by molar-refractivity contribution is 6.95. The van der Waals surface area contributed by atoms with Crippen molar-refractivity contribution in [2.45, 2.75) is 26.4 Å². The molecule has 0 fully saturated rings. The highest BCUT2D eigenvalue weighted by Crippen LogP contribution is 2.11. The first-order valence-corrected chi connectivity index (χ1v) is 11.2. The van der Waals surface area contributed by atoms with Gasteiger partial charge in [0.1, 0.15) is 20.1 Å². The molecule has 0 saturated heterocycles. The molecule has 0 aliphatic rings. The van der Waals surface area contributed by atoms with Crippen LogP contribution >= 0.6 is 0 Å². The Kier molecular flexibility index (Phi) is 6.32. The largest absolute Gasteiger partial charge is 0.482 e. The van der Waals surface area contributed by atoms with E-state index in [-0.39, 0.29) is 12.6 Å². The summed E-state index contributed by atoms with van der Waals surface area (Å²) in [7, 11) is -1.55. The smallest absolute Gasteiger partial charge is 0.344 e. The van der Waals surface area contributed by atoms with Gasteiger partial charge in [-0.2, -0.15) is 0 Å². The van der Waals surface area contributed by atoms with Gasteiger partial charge in [0, 0.05) is 0 Å². The Hall–Kier alpha value is -2.85. The zero-order valence-electron chi connectivity index (χ0n) is 16.6. The highest BCUT2D eigenvalue weighted by Gasteiger charge is 2.19. The van der Waals surface area contributed by atoms with E-state index >= 15 is 0 Å². The minimum atomic E-state index is -1.55. The minimum absolute atomic E-state index is 0.0884. The fourth-order valence-corrected chi connectivity index (χ4v) is 6.08. The predicted molar refractivity (Wildman–Crippen MR) is 117 cm³/mol. The molecule has 0 aromatic heterocycles. The Balaban J connectivity index is 1.77. The van der Waals surface area contributed by atoms with E-state index in [4.69, 9.17) is 9.47 Å². The second-order valence-corrected chi connectivity index (χ2v) is 10.6. The lowest BCUT2D eigenvalue weighted by atomic mass is 10.2. The summed E-state index contributed by atoms with van der Waals surface area (Å²) in [5.74, 6) is 0.306. The van der Waals surface area contributed by atoms with Crippen LogP contribution in [0, 0.1) is 0 Å². The fourth-order valence-electron chi connectivity index (χ4n) is 3.14. The summed E-state index contributed by atoms with van der Waals surface area (Å²) >= 11 is 0. The molecule has 3 nitrogen and oxygen atoms in total. The van der Waals surface area contributed by atoms with Crippen molar-refractivity contribution in [3.05, 3.63) is 84.9 Å². The second kappa shape index (κ2) is 8.89. The lowest BCUT2D eigenvalue weighted by Gasteiger charge is -2.20. The molecule has 0 amide bonds. The third-order valence-corrected chi connectivity index (χ3v) is 7.41. The number of rotatable bonds is 6. The SMILES string of the molecule is CC(C)(C)OC(=O)COc1ccc([SiH](c2ccccc2)c2ccccc2)cc1. The quantitative estimate of drug-likeness (QED) is 0.369. The van der Waals surface area contributed by atoms with E-state index in [0.717, 1.165) is 0 Å². The normalized spacial score (nSPS) is 11.3. The molecule has 0 aliphatic carbocycles. The van der Waals surface area contributed by atoms with Gasteiger partial charge in [0.05, 0.1) is 0 Å². The molecule has 3 rings (SSSR count). The van der Waals surface area contributed by atoms with Gasteiger partial charge in [-0.3, -0.25) is 0 Å². The summed E-state index contributed by atoms with van der Waals surface area (Å²) in [6.07, 6.45) is 0. The first kappa shape index (κ1) is 19.9. The van der Waals surface area contributed by atoms with Crippen molar-refractivity contribution >= 4 is 30.3 Å². The first-order valence-electron chi connectivity index (χ1n) is 9.47. The van der Waals surface area contributed by atoms with Crippen molar-refractivity contribution in [3.63, 3.8) is 0 Å². The van der Waals surface area contributed by atoms with Crippen molar-refractivity contribution < 1.29 is 14.3 Å². The van der Waals surface area contributed by atoms with Crippen molar-refractivity contribution in [3.8, 4) is 5.75 Å². The van der Waals surface area contributed by atoms with Crippen LogP contribution in [0.4, 0.5) is 0 Å². The van der Waals surface area contributed by atoms with Crippen molar-refractivity contribution in [2.75, 3.05) is 6.61 Å². The van der Waals surface area contributed by atoms with E-state index in [1.165, 1.54) is 15.6 Å². The first-order chi connectivity index (χ1) is 13.4. The van der Waals surface area contributed by atoms with Crippen LogP contribution in [0.5, 0.6) is 5.75 Å². The lowest BCUT2D eigenvalue weighted by molar-refractivity contribution is -0.157. The van der Waals surface area contributed by atoms with E-state index in [1.807, 2.05) is 45.0 Å². The highest BCUT2D eigenvalue weighted by atomic mass is 28.3. The van der Waals surface area contributed by atoms with Gasteiger partial charge in [0.2, 0.25) is 0 Å². The number of carbonyl (C=O) groups is 1. The van der Waals surface area contributed by atoms with Gasteiger partial charge in [-0.1, -0.05) is 88.4 Å². The van der Waals surface area contributed by atoms with Gasteiger partial charge >= 0.3 is 5.97 Å². The minimum Gasteiger partial charge on any atom is -0.482 e. The zero-order chi connectivity index (χ0) is 20.0. The number of hydrogen-bond donors (Lipinski definition) is 0. The molecular formula is C24H26O3Si. The van der Waals surface area contributed by atoms with Crippen LogP contribution < -0.4 is 20.3 Å². The lowest BCUT2D eigenvalue weighted by Crippen LogP contribution is -2.51. The summed E-state index contributed by atoms with van der Waals surface area (Å²) in [5.41, 5.74) is -0.505. The molecule has 3 aromatic carbocycles. The molecule has 0 atom stereocenters. The van der Waals surface area contributed by atoms with Gasteiger partial charge in [-0.25, -0.2) is 4.79 Å². The summed E-state index contributed by atoms with van der Waals surface area (Å²) in [6, 6.07) is 29.4. The van der Waals surface area contributed by atoms with Gasteiger partial charge in [0.15, 0.2) is 6.61 Å². The van der Waals surface area contributed by atoms with Crippen LogP contribution in [0.15, 0.2) is 84.9 Å². The maximum absolute atomic E-state index is 11.8. The van der Waals surface area contributed by atoms with Crippen LogP contribution in [-0.4, -0.2) is 27.0 Å². The van der Waals surface area contributed by atoms with Gasteiger partial charge in [-0.05, 0) is 32.9 Å². The average molecular weight is 391 g/mol. The summed E-state index contributed by atoms with van der Waals surface area (Å²) in [5, 5.41) is 4.05. The molecule has 3 aromatic rings. The second-order valence-electron chi connectivity index (χ2n) is 7.70. The average Bonchev–Trinajstić information content (AvgIpc) is 2.68. The Morgan fingerprint density at radius 2 is 1.21 bits per heavy atom. The van der Waals surface area contributed by atoms with Gasteiger partial charge < -0.3 is 9.47 Å². The molecule has 0 saturated carbocycles. The summed E-state index contributed by atoms with van der Waals surface area (Å²) in [6.45, 7) is 5.45. The predicted octanol–water partition coefficient (Wildman–Crippen LogP) is 2.66. The standard InChI is InChI=1S/C24H26O3Si/c1-24(2,3)27-23(25)18-26-19-14-16-22(17-15-19)28(20-10-6-4-7-11-20)21-12-8-5-9-13-21/h4-17,28H,18H2,1-3H3. The maximum Gasteiger partial charge on any atom is 0.344 e. The maximum atomic E-state index is 11.8. The Bertz CT molecular complexity index is 845. The molecule has 0 bridgehead atoms. The van der Waals surface area contributed by atoms with Crippen LogP contribution in [-0.2, 0) is 9.53 Å². The monoisotopic (exact) mass is 390 g/mol. The van der Waals surface area contributed by atoms with Crippen molar-refractivity contribution in [1.82, 2.24) is 0 Å².